The Morgan fingerprint density at radius 2 is 2.30 bits per heavy atom. The lowest BCUT2D eigenvalue weighted by Gasteiger charge is -2.19. The first-order valence-corrected chi connectivity index (χ1v) is 8.04. The van der Waals surface area contributed by atoms with Gasteiger partial charge >= 0.3 is 0 Å². The monoisotopic (exact) mass is 333 g/mol. The number of aromatic amines is 1. The molecule has 20 heavy (non-hydrogen) atoms. The molecule has 0 bridgehead atoms. The van der Waals surface area contributed by atoms with E-state index in [2.05, 4.69) is 56.6 Å². The zero-order valence-electron chi connectivity index (χ0n) is 11.7. The molecule has 0 spiro atoms. The molecular weight excluding hydrogens is 314 g/mol. The standard InChI is InChI=1S/C16H20BrN3/c1-11-13(10-19-20-11)9-18-16-5-3-2-4-12-8-14(17)6-7-15(12)16/h6-8,10,16,18H,2-5,9H2,1H3,(H,19,20)/t16-/m0/s1. The van der Waals surface area contributed by atoms with Gasteiger partial charge < -0.3 is 5.32 Å². The van der Waals surface area contributed by atoms with Crippen LogP contribution in [0.5, 0.6) is 0 Å². The van der Waals surface area contributed by atoms with Crippen LogP contribution in [0.1, 0.15) is 47.7 Å². The van der Waals surface area contributed by atoms with Crippen LogP contribution in [0.25, 0.3) is 0 Å². The van der Waals surface area contributed by atoms with Crippen LogP contribution in [0.3, 0.4) is 0 Å². The highest BCUT2D eigenvalue weighted by Crippen LogP contribution is 2.30. The average molecular weight is 334 g/mol. The van der Waals surface area contributed by atoms with Crippen LogP contribution < -0.4 is 5.32 Å². The van der Waals surface area contributed by atoms with E-state index >= 15 is 0 Å². The Kier molecular flexibility index (Phi) is 4.22. The Labute approximate surface area is 128 Å². The number of nitrogens with one attached hydrogen (secondary N) is 2. The van der Waals surface area contributed by atoms with Crippen LogP contribution in [0.15, 0.2) is 28.9 Å². The summed E-state index contributed by atoms with van der Waals surface area (Å²) >= 11 is 3.58. The van der Waals surface area contributed by atoms with Crippen LogP contribution in [0, 0.1) is 6.92 Å². The van der Waals surface area contributed by atoms with Crippen molar-refractivity contribution in [3.63, 3.8) is 0 Å². The van der Waals surface area contributed by atoms with Gasteiger partial charge in [-0.3, -0.25) is 5.10 Å². The van der Waals surface area contributed by atoms with Gasteiger partial charge in [0.1, 0.15) is 0 Å². The minimum absolute atomic E-state index is 0.454. The fourth-order valence-electron chi connectivity index (χ4n) is 2.95. The van der Waals surface area contributed by atoms with E-state index < -0.39 is 0 Å². The second-order valence-electron chi connectivity index (χ2n) is 5.54. The van der Waals surface area contributed by atoms with Crippen molar-refractivity contribution in [1.82, 2.24) is 15.5 Å². The van der Waals surface area contributed by atoms with Gasteiger partial charge in [0.05, 0.1) is 6.20 Å². The van der Waals surface area contributed by atoms with Crippen LogP contribution in [0.4, 0.5) is 0 Å². The average Bonchev–Trinajstić information content (AvgIpc) is 2.73. The number of fused-ring (bicyclic) bond motifs is 1. The summed E-state index contributed by atoms with van der Waals surface area (Å²) in [6.45, 7) is 2.95. The third kappa shape index (κ3) is 2.96. The Hall–Kier alpha value is -1.13. The van der Waals surface area contributed by atoms with Crippen molar-refractivity contribution in [1.29, 1.82) is 0 Å². The maximum atomic E-state index is 4.09. The molecule has 0 saturated heterocycles. The smallest absolute Gasteiger partial charge is 0.0535 e. The van der Waals surface area contributed by atoms with Gasteiger partial charge in [-0.15, -0.1) is 0 Å². The molecule has 1 heterocycles. The molecule has 0 aliphatic heterocycles. The van der Waals surface area contributed by atoms with Crippen molar-refractivity contribution in [2.45, 2.75) is 45.2 Å². The largest absolute Gasteiger partial charge is 0.306 e. The lowest BCUT2D eigenvalue weighted by molar-refractivity contribution is 0.488. The summed E-state index contributed by atoms with van der Waals surface area (Å²) in [6.07, 6.45) is 6.89. The minimum atomic E-state index is 0.454. The minimum Gasteiger partial charge on any atom is -0.306 e. The Balaban J connectivity index is 1.78. The SMILES string of the molecule is Cc1[nH]ncc1CN[C@H]1CCCCc2cc(Br)ccc21. The molecule has 1 atom stereocenters. The molecule has 1 aromatic carbocycles. The first-order chi connectivity index (χ1) is 9.74. The Bertz CT molecular complexity index is 591. The fourth-order valence-corrected chi connectivity index (χ4v) is 3.36. The third-order valence-corrected chi connectivity index (χ3v) is 4.64. The molecule has 0 unspecified atom stereocenters. The Morgan fingerprint density at radius 1 is 1.40 bits per heavy atom. The van der Waals surface area contributed by atoms with Gasteiger partial charge in [0.2, 0.25) is 0 Å². The van der Waals surface area contributed by atoms with Crippen LogP contribution >= 0.6 is 15.9 Å². The molecule has 2 aromatic rings. The van der Waals surface area contributed by atoms with E-state index in [1.54, 1.807) is 0 Å². The zero-order valence-corrected chi connectivity index (χ0v) is 13.3. The Morgan fingerprint density at radius 3 is 3.10 bits per heavy atom. The van der Waals surface area contributed by atoms with Crippen molar-refractivity contribution < 1.29 is 0 Å². The molecule has 0 saturated carbocycles. The molecule has 3 rings (SSSR count). The number of H-pyrrole nitrogens is 1. The maximum Gasteiger partial charge on any atom is 0.0535 e. The highest BCUT2D eigenvalue weighted by Gasteiger charge is 2.18. The second-order valence-corrected chi connectivity index (χ2v) is 6.46. The van der Waals surface area contributed by atoms with E-state index in [-0.39, 0.29) is 0 Å². The third-order valence-electron chi connectivity index (χ3n) is 4.14. The van der Waals surface area contributed by atoms with Gasteiger partial charge in [0, 0.05) is 28.3 Å². The van der Waals surface area contributed by atoms with E-state index in [0.29, 0.717) is 6.04 Å². The number of nitrogens with zero attached hydrogens (tertiary/aromatic N) is 1. The molecule has 0 amide bonds. The van der Waals surface area contributed by atoms with Crippen molar-refractivity contribution >= 4 is 15.9 Å². The molecule has 0 fully saturated rings. The number of hydrogen-bond donors (Lipinski definition) is 2. The van der Waals surface area contributed by atoms with Gasteiger partial charge in [-0.25, -0.2) is 0 Å². The summed E-state index contributed by atoms with van der Waals surface area (Å²) in [4.78, 5) is 0. The summed E-state index contributed by atoms with van der Waals surface area (Å²) < 4.78 is 1.18. The van der Waals surface area contributed by atoms with Gasteiger partial charge in [0.25, 0.3) is 0 Å². The fraction of sp³-hybridized carbons (Fsp3) is 0.438. The summed E-state index contributed by atoms with van der Waals surface area (Å²) in [6, 6.07) is 7.15. The second kappa shape index (κ2) is 6.10. The van der Waals surface area contributed by atoms with Crippen molar-refractivity contribution in [3.8, 4) is 0 Å². The molecule has 106 valence electrons. The van der Waals surface area contributed by atoms with Crippen LogP contribution in [-0.4, -0.2) is 10.2 Å². The lowest BCUT2D eigenvalue weighted by Crippen LogP contribution is -2.21. The highest BCUT2D eigenvalue weighted by molar-refractivity contribution is 9.10. The number of halogens is 1. The van der Waals surface area contributed by atoms with Gasteiger partial charge in [-0.1, -0.05) is 28.4 Å². The summed E-state index contributed by atoms with van der Waals surface area (Å²) in [5.41, 5.74) is 5.36. The maximum absolute atomic E-state index is 4.09. The van der Waals surface area contributed by atoms with E-state index in [0.717, 1.165) is 12.2 Å². The molecule has 1 aromatic heterocycles. The van der Waals surface area contributed by atoms with Gasteiger partial charge in [-0.05, 0) is 49.4 Å². The number of aryl methyl sites for hydroxylation is 2. The molecular formula is C16H20BrN3. The summed E-state index contributed by atoms with van der Waals surface area (Å²) in [5.74, 6) is 0. The van der Waals surface area contributed by atoms with Crippen molar-refractivity contribution in [2.75, 3.05) is 0 Å². The molecule has 3 nitrogen and oxygen atoms in total. The van der Waals surface area contributed by atoms with Crippen LogP contribution in [-0.2, 0) is 13.0 Å². The highest BCUT2D eigenvalue weighted by atomic mass is 79.9. The first kappa shape index (κ1) is 13.8. The predicted molar refractivity (Wildman–Crippen MR) is 84.6 cm³/mol. The quantitative estimate of drug-likeness (QED) is 0.832. The van der Waals surface area contributed by atoms with Gasteiger partial charge in [0.15, 0.2) is 0 Å². The molecule has 1 aliphatic carbocycles. The van der Waals surface area contributed by atoms with Crippen molar-refractivity contribution in [3.05, 3.63) is 51.3 Å². The summed E-state index contributed by atoms with van der Waals surface area (Å²) in [5, 5.41) is 10.8. The zero-order chi connectivity index (χ0) is 13.9. The topological polar surface area (TPSA) is 40.7 Å². The van der Waals surface area contributed by atoms with Gasteiger partial charge in [-0.2, -0.15) is 5.10 Å². The number of rotatable bonds is 3. The van der Waals surface area contributed by atoms with E-state index in [1.807, 2.05) is 6.20 Å². The first-order valence-electron chi connectivity index (χ1n) is 7.24. The lowest BCUT2D eigenvalue weighted by atomic mass is 9.99. The number of benzene rings is 1. The van der Waals surface area contributed by atoms with E-state index in [4.69, 9.17) is 0 Å². The number of aromatic nitrogens is 2. The van der Waals surface area contributed by atoms with Crippen LogP contribution in [0.2, 0.25) is 0 Å². The van der Waals surface area contributed by atoms with E-state index in [1.165, 1.54) is 46.8 Å². The summed E-state index contributed by atoms with van der Waals surface area (Å²) in [7, 11) is 0. The van der Waals surface area contributed by atoms with E-state index in [9.17, 15) is 0 Å². The normalized spacial score (nSPS) is 18.6. The molecule has 0 radical (unpaired) electrons. The molecule has 2 N–H and O–H groups in total. The predicted octanol–water partition coefficient (Wildman–Crippen LogP) is 4.04. The number of hydrogen-bond acceptors (Lipinski definition) is 2. The van der Waals surface area contributed by atoms with Crippen molar-refractivity contribution in [2.24, 2.45) is 0 Å². The molecule has 4 heteroatoms. The molecule has 1 aliphatic rings.